The molecule has 0 aliphatic rings. The van der Waals surface area contributed by atoms with Crippen molar-refractivity contribution in [3.8, 4) is 5.88 Å². The van der Waals surface area contributed by atoms with E-state index in [2.05, 4.69) is 11.6 Å². The zero-order valence-electron chi connectivity index (χ0n) is 15.2. The number of halogens is 1. The Morgan fingerprint density at radius 1 is 0.964 bits per heavy atom. The molecule has 4 nitrogen and oxygen atoms in total. The van der Waals surface area contributed by atoms with Crippen LogP contribution in [0.1, 0.15) is 12.0 Å². The minimum atomic E-state index is -3.81. The van der Waals surface area contributed by atoms with Gasteiger partial charge in [0, 0.05) is 6.07 Å². The second kappa shape index (κ2) is 8.80. The lowest BCUT2D eigenvalue weighted by Gasteiger charge is -2.21. The molecule has 0 radical (unpaired) electrons. The first-order valence-electron chi connectivity index (χ1n) is 8.79. The fourth-order valence-electron chi connectivity index (χ4n) is 2.75. The molecule has 2 aromatic carbocycles. The summed E-state index contributed by atoms with van der Waals surface area (Å²) in [6.45, 7) is 3.80. The fraction of sp³-hybridized carbons (Fsp3) is 0.136. The topological polar surface area (TPSA) is 56.3 Å². The molecule has 1 aromatic heterocycles. The molecule has 0 spiro atoms. The number of sulfone groups is 1. The van der Waals surface area contributed by atoms with Gasteiger partial charge < -0.3 is 4.74 Å². The highest BCUT2D eigenvalue weighted by Crippen LogP contribution is 2.26. The van der Waals surface area contributed by atoms with Crippen LogP contribution in [0.5, 0.6) is 5.88 Å². The molecular formula is C22H20FNO3S. The third-order valence-electron chi connectivity index (χ3n) is 4.25. The number of pyridine rings is 1. The molecule has 6 heteroatoms. The largest absolute Gasteiger partial charge is 0.469 e. The zero-order valence-corrected chi connectivity index (χ0v) is 16.0. The molecule has 0 amide bonds. The maximum absolute atomic E-state index is 13.4. The van der Waals surface area contributed by atoms with Gasteiger partial charge in [-0.3, -0.25) is 0 Å². The van der Waals surface area contributed by atoms with Gasteiger partial charge in [0.05, 0.1) is 9.80 Å². The highest BCUT2D eigenvalue weighted by Gasteiger charge is 2.28. The van der Waals surface area contributed by atoms with Gasteiger partial charge in [0.15, 0.2) is 0 Å². The van der Waals surface area contributed by atoms with Crippen LogP contribution >= 0.6 is 0 Å². The monoisotopic (exact) mass is 397 g/mol. The van der Waals surface area contributed by atoms with E-state index in [-0.39, 0.29) is 15.7 Å². The van der Waals surface area contributed by atoms with Gasteiger partial charge in [0.2, 0.25) is 21.7 Å². The first-order chi connectivity index (χ1) is 13.5. The predicted molar refractivity (Wildman–Crippen MR) is 106 cm³/mol. The molecule has 144 valence electrons. The van der Waals surface area contributed by atoms with Crippen LogP contribution in [0.4, 0.5) is 4.39 Å². The Labute approximate surface area is 164 Å². The molecule has 0 saturated heterocycles. The number of aryl methyl sites for hydroxylation is 1. The molecular weight excluding hydrogens is 377 g/mol. The van der Waals surface area contributed by atoms with Gasteiger partial charge in [0.1, 0.15) is 6.10 Å². The van der Waals surface area contributed by atoms with Crippen molar-refractivity contribution in [2.75, 3.05) is 0 Å². The number of hydrogen-bond donors (Lipinski definition) is 0. The second-order valence-electron chi connectivity index (χ2n) is 6.21. The highest BCUT2D eigenvalue weighted by atomic mass is 32.2. The molecule has 1 unspecified atom stereocenters. The lowest BCUT2D eigenvalue weighted by Crippen LogP contribution is -2.25. The molecule has 0 saturated carbocycles. The lowest BCUT2D eigenvalue weighted by atomic mass is 10.1. The number of rotatable bonds is 8. The summed E-state index contributed by atoms with van der Waals surface area (Å²) in [4.78, 5) is 3.74. The second-order valence-corrected chi connectivity index (χ2v) is 8.21. The Balaban J connectivity index is 1.87. The Bertz CT molecular complexity index is 1040. The third kappa shape index (κ3) is 4.84. The van der Waals surface area contributed by atoms with Crippen molar-refractivity contribution in [2.24, 2.45) is 0 Å². The van der Waals surface area contributed by atoms with Crippen LogP contribution < -0.4 is 4.74 Å². The van der Waals surface area contributed by atoms with Crippen molar-refractivity contribution in [3.05, 3.63) is 102 Å². The summed E-state index contributed by atoms with van der Waals surface area (Å²) >= 11 is 0. The molecule has 0 N–H and O–H groups in total. The van der Waals surface area contributed by atoms with Crippen molar-refractivity contribution >= 4 is 9.84 Å². The van der Waals surface area contributed by atoms with Crippen molar-refractivity contribution in [1.29, 1.82) is 0 Å². The van der Waals surface area contributed by atoms with Gasteiger partial charge in [-0.1, -0.05) is 61.2 Å². The number of nitrogens with zero attached hydrogens (tertiary/aromatic N) is 1. The Hall–Kier alpha value is -2.99. The first-order valence-corrected chi connectivity index (χ1v) is 10.3. The third-order valence-corrected chi connectivity index (χ3v) is 6.09. The molecule has 1 atom stereocenters. The van der Waals surface area contributed by atoms with Crippen LogP contribution in [0.3, 0.4) is 0 Å². The standard InChI is InChI=1S/C22H20FNO3S/c1-17(28(25,26)19-11-6-3-7-12-19)20(16-15-18-9-4-2-5-10-18)27-22-14-8-13-21(23)24-22/h2-14,20H,1,15-16H2. The summed E-state index contributed by atoms with van der Waals surface area (Å²) < 4.78 is 45.1. The van der Waals surface area contributed by atoms with Gasteiger partial charge in [-0.2, -0.15) is 9.37 Å². The van der Waals surface area contributed by atoms with Crippen LogP contribution in [-0.4, -0.2) is 19.5 Å². The van der Waals surface area contributed by atoms with E-state index in [4.69, 9.17) is 4.74 Å². The molecule has 3 aromatic rings. The van der Waals surface area contributed by atoms with Crippen molar-refractivity contribution in [1.82, 2.24) is 4.98 Å². The maximum atomic E-state index is 13.4. The van der Waals surface area contributed by atoms with Crippen molar-refractivity contribution in [3.63, 3.8) is 0 Å². The molecule has 28 heavy (non-hydrogen) atoms. The summed E-state index contributed by atoms with van der Waals surface area (Å²) in [5.41, 5.74) is 1.04. The molecule has 0 aliphatic heterocycles. The normalized spacial score (nSPS) is 12.3. The van der Waals surface area contributed by atoms with E-state index < -0.39 is 21.9 Å². The van der Waals surface area contributed by atoms with Crippen LogP contribution in [0.25, 0.3) is 0 Å². The van der Waals surface area contributed by atoms with Gasteiger partial charge >= 0.3 is 0 Å². The number of hydrogen-bond acceptors (Lipinski definition) is 4. The van der Waals surface area contributed by atoms with Gasteiger partial charge in [0.25, 0.3) is 0 Å². The molecule has 1 heterocycles. The quantitative estimate of drug-likeness (QED) is 0.522. The first kappa shape index (κ1) is 19.8. The molecule has 0 bridgehead atoms. The van der Waals surface area contributed by atoms with Crippen LogP contribution in [0.2, 0.25) is 0 Å². The Morgan fingerprint density at radius 2 is 1.61 bits per heavy atom. The molecule has 0 aliphatic carbocycles. The van der Waals surface area contributed by atoms with Crippen LogP contribution in [0.15, 0.2) is 95.2 Å². The number of benzene rings is 2. The molecule has 0 fully saturated rings. The van der Waals surface area contributed by atoms with Crippen molar-refractivity contribution < 1.29 is 17.5 Å². The Morgan fingerprint density at radius 3 is 2.25 bits per heavy atom. The summed E-state index contributed by atoms with van der Waals surface area (Å²) in [6, 6.07) is 21.8. The summed E-state index contributed by atoms with van der Waals surface area (Å²) in [5, 5.41) is 0. The van der Waals surface area contributed by atoms with Gasteiger partial charge in [-0.05, 0) is 36.6 Å². The summed E-state index contributed by atoms with van der Waals surface area (Å²) in [7, 11) is -3.81. The van der Waals surface area contributed by atoms with Gasteiger partial charge in [-0.15, -0.1) is 0 Å². The van der Waals surface area contributed by atoms with E-state index in [1.54, 1.807) is 18.2 Å². The maximum Gasteiger partial charge on any atom is 0.216 e. The fourth-order valence-corrected chi connectivity index (χ4v) is 4.08. The average molecular weight is 397 g/mol. The predicted octanol–water partition coefficient (Wildman–Crippen LogP) is 4.59. The van der Waals surface area contributed by atoms with E-state index in [9.17, 15) is 12.8 Å². The number of aromatic nitrogens is 1. The van der Waals surface area contributed by atoms with E-state index >= 15 is 0 Å². The minimum absolute atomic E-state index is 0.0162. The van der Waals surface area contributed by atoms with Crippen molar-refractivity contribution in [2.45, 2.75) is 23.8 Å². The average Bonchev–Trinajstić information content (AvgIpc) is 2.72. The number of ether oxygens (including phenoxy) is 1. The lowest BCUT2D eigenvalue weighted by molar-refractivity contribution is 0.222. The van der Waals surface area contributed by atoms with Gasteiger partial charge in [-0.25, -0.2) is 8.42 Å². The van der Waals surface area contributed by atoms with E-state index in [0.29, 0.717) is 12.8 Å². The van der Waals surface area contributed by atoms with E-state index in [1.165, 1.54) is 30.3 Å². The minimum Gasteiger partial charge on any atom is -0.469 e. The zero-order chi connectivity index (χ0) is 20.0. The van der Waals surface area contributed by atoms with Crippen LogP contribution in [0, 0.1) is 5.95 Å². The summed E-state index contributed by atoms with van der Waals surface area (Å²) in [5.74, 6) is -0.682. The Kier molecular flexibility index (Phi) is 6.21. The van der Waals surface area contributed by atoms with Crippen LogP contribution in [-0.2, 0) is 16.3 Å². The summed E-state index contributed by atoms with van der Waals surface area (Å²) in [6.07, 6.45) is 0.0526. The van der Waals surface area contributed by atoms with E-state index in [1.807, 2.05) is 30.3 Å². The van der Waals surface area contributed by atoms with E-state index in [0.717, 1.165) is 5.56 Å². The SMILES string of the molecule is C=C(C(CCc1ccccc1)Oc1cccc(F)n1)S(=O)(=O)c1ccccc1. The highest BCUT2D eigenvalue weighted by molar-refractivity contribution is 7.95. The molecule has 3 rings (SSSR count). The smallest absolute Gasteiger partial charge is 0.216 e.